The van der Waals surface area contributed by atoms with E-state index in [1.54, 1.807) is 0 Å². The van der Waals surface area contributed by atoms with Crippen LogP contribution in [0, 0.1) is 0 Å². The van der Waals surface area contributed by atoms with Gasteiger partial charge in [0.25, 0.3) is 0 Å². The summed E-state index contributed by atoms with van der Waals surface area (Å²) in [5, 5.41) is 1.43. The van der Waals surface area contributed by atoms with Gasteiger partial charge in [0, 0.05) is 17.3 Å². The largest absolute Gasteiger partial charge is 0.324 e. The van der Waals surface area contributed by atoms with Gasteiger partial charge in [0.1, 0.15) is 5.02 Å². The highest BCUT2D eigenvalue weighted by Gasteiger charge is 2.25. The Labute approximate surface area is 119 Å². The molecule has 92 valence electrons. The third-order valence-corrected chi connectivity index (χ3v) is 3.73. The summed E-state index contributed by atoms with van der Waals surface area (Å²) in [6.07, 6.45) is 2.38. The van der Waals surface area contributed by atoms with Crippen molar-refractivity contribution in [1.29, 1.82) is 0 Å². The maximum absolute atomic E-state index is 6.18. The number of halogens is 3. The number of rotatable bonds is 1. The number of fused-ring (bicyclic) bond motifs is 1. The van der Waals surface area contributed by atoms with Crippen LogP contribution < -0.4 is 4.90 Å². The van der Waals surface area contributed by atoms with Gasteiger partial charge < -0.3 is 4.90 Å². The van der Waals surface area contributed by atoms with E-state index < -0.39 is 0 Å². The van der Waals surface area contributed by atoms with Crippen LogP contribution in [-0.4, -0.2) is 16.5 Å². The molecule has 0 aliphatic carbocycles. The van der Waals surface area contributed by atoms with Gasteiger partial charge >= 0.3 is 0 Å². The van der Waals surface area contributed by atoms with Crippen molar-refractivity contribution in [3.05, 3.63) is 45.3 Å². The van der Waals surface area contributed by atoms with Gasteiger partial charge in [-0.1, -0.05) is 29.3 Å². The maximum Gasteiger partial charge on any atom is 0.224 e. The Bertz CT molecular complexity index is 616. The van der Waals surface area contributed by atoms with Crippen molar-refractivity contribution in [2.75, 3.05) is 11.4 Å². The monoisotopic (exact) mass is 299 g/mol. The lowest BCUT2D eigenvalue weighted by Gasteiger charge is -2.19. The van der Waals surface area contributed by atoms with Crippen molar-refractivity contribution in [3.8, 4) is 0 Å². The van der Waals surface area contributed by atoms with Crippen LogP contribution in [0.5, 0.6) is 0 Å². The Kier molecular flexibility index (Phi) is 3.06. The number of aromatic nitrogens is 2. The minimum Gasteiger partial charge on any atom is -0.324 e. The second-order valence-electron chi connectivity index (χ2n) is 3.95. The molecule has 18 heavy (non-hydrogen) atoms. The summed E-state index contributed by atoms with van der Waals surface area (Å²) in [4.78, 5) is 10.1. The Morgan fingerprint density at radius 2 is 1.94 bits per heavy atom. The number of anilines is 2. The van der Waals surface area contributed by atoms with Crippen LogP contribution in [0.25, 0.3) is 0 Å². The highest BCUT2D eigenvalue weighted by Crippen LogP contribution is 2.39. The fraction of sp³-hybridized carbons (Fsp3) is 0.167. The van der Waals surface area contributed by atoms with E-state index in [0.717, 1.165) is 29.2 Å². The molecule has 1 aliphatic heterocycles. The summed E-state index contributed by atoms with van der Waals surface area (Å²) < 4.78 is 0. The van der Waals surface area contributed by atoms with Gasteiger partial charge in [0.2, 0.25) is 5.28 Å². The van der Waals surface area contributed by atoms with E-state index in [4.69, 9.17) is 34.8 Å². The molecular formula is C12H8Cl3N3. The molecule has 1 aliphatic rings. The molecule has 0 amide bonds. The molecule has 0 N–H and O–H groups in total. The highest BCUT2D eigenvalue weighted by atomic mass is 35.5. The van der Waals surface area contributed by atoms with Gasteiger partial charge in [0.15, 0.2) is 5.82 Å². The van der Waals surface area contributed by atoms with Gasteiger partial charge in [-0.3, -0.25) is 0 Å². The van der Waals surface area contributed by atoms with E-state index in [0.29, 0.717) is 10.8 Å². The van der Waals surface area contributed by atoms with Gasteiger partial charge in [-0.2, -0.15) is 4.98 Å². The first-order valence-electron chi connectivity index (χ1n) is 5.40. The molecule has 0 unspecified atom stereocenters. The Morgan fingerprint density at radius 3 is 2.78 bits per heavy atom. The summed E-state index contributed by atoms with van der Waals surface area (Å²) in [6, 6.07) is 5.80. The topological polar surface area (TPSA) is 29.0 Å². The molecule has 2 heterocycles. The van der Waals surface area contributed by atoms with Crippen LogP contribution in [0.1, 0.15) is 5.56 Å². The minimum atomic E-state index is 0.185. The smallest absolute Gasteiger partial charge is 0.224 e. The van der Waals surface area contributed by atoms with Gasteiger partial charge in [-0.25, -0.2) is 4.98 Å². The van der Waals surface area contributed by atoms with Crippen LogP contribution in [-0.2, 0) is 6.42 Å². The molecule has 0 saturated carbocycles. The van der Waals surface area contributed by atoms with Crippen LogP contribution in [0.4, 0.5) is 11.5 Å². The molecule has 0 spiro atoms. The highest BCUT2D eigenvalue weighted by molar-refractivity contribution is 6.34. The average Bonchev–Trinajstić information content (AvgIpc) is 2.77. The summed E-state index contributed by atoms with van der Waals surface area (Å²) in [5.74, 6) is 0.623. The summed E-state index contributed by atoms with van der Waals surface area (Å²) in [6.45, 7) is 0.784. The SMILES string of the molecule is Clc1ncc(Cl)c(N2CCc3c(Cl)cccc32)n1. The molecular weight excluding hydrogens is 293 g/mol. The predicted molar refractivity (Wildman–Crippen MR) is 74.2 cm³/mol. The molecule has 6 heteroatoms. The maximum atomic E-state index is 6.18. The molecule has 3 nitrogen and oxygen atoms in total. The molecule has 0 bridgehead atoms. The second kappa shape index (κ2) is 4.57. The molecule has 0 atom stereocenters. The predicted octanol–water partition coefficient (Wildman–Crippen LogP) is 4.13. The van der Waals surface area contributed by atoms with Crippen LogP contribution in [0.15, 0.2) is 24.4 Å². The number of benzene rings is 1. The first kappa shape index (κ1) is 12.0. The Balaban J connectivity index is 2.12. The van der Waals surface area contributed by atoms with Crippen molar-refractivity contribution < 1.29 is 0 Å². The van der Waals surface area contributed by atoms with E-state index in [2.05, 4.69) is 9.97 Å². The quantitative estimate of drug-likeness (QED) is 0.741. The minimum absolute atomic E-state index is 0.185. The average molecular weight is 301 g/mol. The molecule has 3 rings (SSSR count). The molecule has 0 saturated heterocycles. The van der Waals surface area contributed by atoms with Crippen molar-refractivity contribution in [1.82, 2.24) is 9.97 Å². The lowest BCUT2D eigenvalue weighted by Crippen LogP contribution is -2.15. The lowest BCUT2D eigenvalue weighted by molar-refractivity contribution is 0.964. The fourth-order valence-electron chi connectivity index (χ4n) is 2.14. The summed E-state index contributed by atoms with van der Waals surface area (Å²) >= 11 is 18.1. The van der Waals surface area contributed by atoms with Crippen LogP contribution in [0.2, 0.25) is 15.3 Å². The zero-order valence-corrected chi connectivity index (χ0v) is 11.5. The van der Waals surface area contributed by atoms with E-state index >= 15 is 0 Å². The zero-order chi connectivity index (χ0) is 12.7. The van der Waals surface area contributed by atoms with E-state index in [9.17, 15) is 0 Å². The van der Waals surface area contributed by atoms with E-state index in [-0.39, 0.29) is 5.28 Å². The number of hydrogen-bond donors (Lipinski definition) is 0. The third-order valence-electron chi connectivity index (χ3n) is 2.92. The van der Waals surface area contributed by atoms with Gasteiger partial charge in [0.05, 0.1) is 6.20 Å². The Hall–Kier alpha value is -1.03. The zero-order valence-electron chi connectivity index (χ0n) is 9.20. The van der Waals surface area contributed by atoms with Crippen LogP contribution in [0.3, 0.4) is 0 Å². The molecule has 1 aromatic heterocycles. The van der Waals surface area contributed by atoms with E-state index in [1.807, 2.05) is 23.1 Å². The fourth-order valence-corrected chi connectivity index (χ4v) is 2.72. The second-order valence-corrected chi connectivity index (χ2v) is 5.10. The van der Waals surface area contributed by atoms with Gasteiger partial charge in [-0.05, 0) is 35.7 Å². The van der Waals surface area contributed by atoms with Crippen molar-refractivity contribution in [2.24, 2.45) is 0 Å². The summed E-state index contributed by atoms with van der Waals surface area (Å²) in [7, 11) is 0. The van der Waals surface area contributed by atoms with Gasteiger partial charge in [-0.15, -0.1) is 0 Å². The lowest BCUT2D eigenvalue weighted by atomic mass is 10.2. The first-order valence-corrected chi connectivity index (χ1v) is 6.53. The van der Waals surface area contributed by atoms with Crippen LogP contribution >= 0.6 is 34.8 Å². The summed E-state index contributed by atoms with van der Waals surface area (Å²) in [5.41, 5.74) is 2.14. The Morgan fingerprint density at radius 1 is 1.11 bits per heavy atom. The molecule has 1 aromatic carbocycles. The molecule has 0 fully saturated rings. The van der Waals surface area contributed by atoms with E-state index in [1.165, 1.54) is 6.20 Å². The molecule has 0 radical (unpaired) electrons. The van der Waals surface area contributed by atoms with Crippen molar-refractivity contribution in [3.63, 3.8) is 0 Å². The number of hydrogen-bond acceptors (Lipinski definition) is 3. The number of nitrogens with zero attached hydrogens (tertiary/aromatic N) is 3. The third kappa shape index (κ3) is 1.92. The standard InChI is InChI=1S/C12H8Cl3N3/c13-8-2-1-3-10-7(8)4-5-18(10)11-9(14)6-16-12(15)17-11/h1-3,6H,4-5H2. The normalized spacial score (nSPS) is 13.8. The van der Waals surface area contributed by atoms with Crippen molar-refractivity contribution >= 4 is 46.3 Å². The van der Waals surface area contributed by atoms with Crippen molar-refractivity contribution in [2.45, 2.75) is 6.42 Å². The molecule has 2 aromatic rings. The first-order chi connectivity index (χ1) is 8.66.